The Bertz CT molecular complexity index is 1200. The molecule has 31 heavy (non-hydrogen) atoms. The van der Waals surface area contributed by atoms with Crippen LogP contribution in [0.1, 0.15) is 15.9 Å². The lowest BCUT2D eigenvalue weighted by molar-refractivity contribution is 0.0342. The van der Waals surface area contributed by atoms with Crippen molar-refractivity contribution in [3.05, 3.63) is 78.1 Å². The molecule has 1 amide bonds. The fourth-order valence-corrected chi connectivity index (χ4v) is 3.82. The number of hydrogen-bond donors (Lipinski definition) is 2. The normalized spacial score (nSPS) is 14.6. The second-order valence-electron chi connectivity index (χ2n) is 7.57. The van der Waals surface area contributed by atoms with Gasteiger partial charge in [-0.05, 0) is 35.9 Å². The number of rotatable bonds is 5. The van der Waals surface area contributed by atoms with Crippen molar-refractivity contribution in [3.63, 3.8) is 0 Å². The average molecular weight is 413 g/mol. The third-order valence-electron chi connectivity index (χ3n) is 5.39. The predicted molar refractivity (Wildman–Crippen MR) is 120 cm³/mol. The zero-order chi connectivity index (χ0) is 21.0. The summed E-state index contributed by atoms with van der Waals surface area (Å²) in [5, 5.41) is 2.88. The van der Waals surface area contributed by atoms with E-state index in [1.807, 2.05) is 24.3 Å². The van der Waals surface area contributed by atoms with E-state index in [9.17, 15) is 4.79 Å². The number of nitrogens with zero attached hydrogens (tertiary/aromatic N) is 3. The number of anilines is 1. The second kappa shape index (κ2) is 8.67. The van der Waals surface area contributed by atoms with Crippen molar-refractivity contribution in [2.45, 2.75) is 6.54 Å². The molecule has 7 heteroatoms. The van der Waals surface area contributed by atoms with Crippen molar-refractivity contribution < 1.29 is 9.53 Å². The van der Waals surface area contributed by atoms with Crippen LogP contribution >= 0.6 is 0 Å². The Morgan fingerprint density at radius 1 is 1.10 bits per heavy atom. The van der Waals surface area contributed by atoms with E-state index in [-0.39, 0.29) is 5.91 Å². The highest BCUT2D eigenvalue weighted by Crippen LogP contribution is 2.25. The van der Waals surface area contributed by atoms with E-state index in [2.05, 4.69) is 32.3 Å². The molecule has 4 aromatic rings. The minimum absolute atomic E-state index is 0.210. The van der Waals surface area contributed by atoms with Crippen molar-refractivity contribution in [3.8, 4) is 11.4 Å². The van der Waals surface area contributed by atoms with E-state index in [1.54, 1.807) is 30.6 Å². The van der Waals surface area contributed by atoms with Gasteiger partial charge in [-0.15, -0.1) is 0 Å². The standard InChI is InChI=1S/C24H23N5O2/c30-24(26-19-6-3-9-25-15-19)20-7-2-8-21-22(20)28-23(27-21)18-5-1-4-17(14-18)16-29-10-12-31-13-11-29/h1-9,14-15H,10-13,16H2,(H,26,30)(H,27,28). The minimum Gasteiger partial charge on any atom is -0.379 e. The SMILES string of the molecule is O=C(Nc1cccnc1)c1cccc2[nH]c(-c3cccc(CN4CCOCC4)c3)nc12. The monoisotopic (exact) mass is 413 g/mol. The number of morpholine rings is 1. The third kappa shape index (κ3) is 4.33. The summed E-state index contributed by atoms with van der Waals surface area (Å²) in [7, 11) is 0. The maximum absolute atomic E-state index is 12.8. The Balaban J connectivity index is 1.42. The topological polar surface area (TPSA) is 83.1 Å². The quantitative estimate of drug-likeness (QED) is 0.521. The van der Waals surface area contributed by atoms with Crippen LogP contribution < -0.4 is 5.32 Å². The molecule has 3 heterocycles. The minimum atomic E-state index is -0.210. The van der Waals surface area contributed by atoms with Crippen LogP contribution in [0.4, 0.5) is 5.69 Å². The highest BCUT2D eigenvalue weighted by atomic mass is 16.5. The van der Waals surface area contributed by atoms with Gasteiger partial charge in [-0.3, -0.25) is 14.7 Å². The van der Waals surface area contributed by atoms with Gasteiger partial charge in [0.1, 0.15) is 11.3 Å². The molecule has 7 nitrogen and oxygen atoms in total. The molecule has 156 valence electrons. The first-order valence-electron chi connectivity index (χ1n) is 10.4. The maximum Gasteiger partial charge on any atom is 0.257 e. The van der Waals surface area contributed by atoms with Gasteiger partial charge in [-0.2, -0.15) is 0 Å². The van der Waals surface area contributed by atoms with Crippen LogP contribution in [-0.4, -0.2) is 52.1 Å². The molecule has 1 aliphatic heterocycles. The zero-order valence-electron chi connectivity index (χ0n) is 17.0. The van der Waals surface area contributed by atoms with Crippen LogP contribution in [0.5, 0.6) is 0 Å². The van der Waals surface area contributed by atoms with Gasteiger partial charge in [-0.25, -0.2) is 4.98 Å². The Morgan fingerprint density at radius 2 is 1.97 bits per heavy atom. The molecular weight excluding hydrogens is 390 g/mol. The van der Waals surface area contributed by atoms with Gasteiger partial charge in [0.25, 0.3) is 5.91 Å². The van der Waals surface area contributed by atoms with Gasteiger partial charge in [0.05, 0.1) is 36.2 Å². The molecule has 0 unspecified atom stereocenters. The molecule has 1 fully saturated rings. The molecule has 2 N–H and O–H groups in total. The number of nitrogens with one attached hydrogen (secondary N) is 2. The summed E-state index contributed by atoms with van der Waals surface area (Å²) in [6.45, 7) is 4.35. The van der Waals surface area contributed by atoms with Crippen LogP contribution in [0, 0.1) is 0 Å². The summed E-state index contributed by atoms with van der Waals surface area (Å²) >= 11 is 0. The smallest absolute Gasteiger partial charge is 0.257 e. The van der Waals surface area contributed by atoms with Crippen LogP contribution in [0.2, 0.25) is 0 Å². The predicted octanol–water partition coefficient (Wildman–Crippen LogP) is 3.71. The van der Waals surface area contributed by atoms with Gasteiger partial charge in [0.15, 0.2) is 0 Å². The van der Waals surface area contributed by atoms with Crippen LogP contribution in [0.15, 0.2) is 67.0 Å². The highest BCUT2D eigenvalue weighted by Gasteiger charge is 2.16. The van der Waals surface area contributed by atoms with E-state index in [1.165, 1.54) is 5.56 Å². The average Bonchev–Trinajstić information content (AvgIpc) is 3.25. The van der Waals surface area contributed by atoms with Crippen molar-refractivity contribution in [2.75, 3.05) is 31.6 Å². The first kappa shape index (κ1) is 19.4. The van der Waals surface area contributed by atoms with E-state index in [0.29, 0.717) is 16.8 Å². The Kier molecular flexibility index (Phi) is 5.43. The summed E-state index contributed by atoms with van der Waals surface area (Å²) in [4.78, 5) is 27.4. The first-order chi connectivity index (χ1) is 15.3. The highest BCUT2D eigenvalue weighted by molar-refractivity contribution is 6.11. The number of carbonyl (C=O) groups excluding carboxylic acids is 1. The van der Waals surface area contributed by atoms with Crippen LogP contribution in [-0.2, 0) is 11.3 Å². The van der Waals surface area contributed by atoms with E-state index in [0.717, 1.165) is 49.8 Å². The number of benzene rings is 2. The number of aromatic nitrogens is 3. The van der Waals surface area contributed by atoms with Crippen molar-refractivity contribution in [2.24, 2.45) is 0 Å². The fraction of sp³-hybridized carbons (Fsp3) is 0.208. The number of hydrogen-bond acceptors (Lipinski definition) is 5. The van der Waals surface area contributed by atoms with Gasteiger partial charge in [-0.1, -0.05) is 24.3 Å². The molecule has 0 saturated carbocycles. The van der Waals surface area contributed by atoms with Crippen molar-refractivity contribution in [1.29, 1.82) is 0 Å². The molecule has 5 rings (SSSR count). The number of H-pyrrole nitrogens is 1. The molecule has 2 aromatic heterocycles. The van der Waals surface area contributed by atoms with Gasteiger partial charge >= 0.3 is 0 Å². The summed E-state index contributed by atoms with van der Waals surface area (Å²) in [5.74, 6) is 0.540. The summed E-state index contributed by atoms with van der Waals surface area (Å²) < 4.78 is 5.44. The largest absolute Gasteiger partial charge is 0.379 e. The number of pyridine rings is 1. The molecule has 0 aliphatic carbocycles. The molecule has 2 aromatic carbocycles. The number of imidazole rings is 1. The molecule has 1 saturated heterocycles. The number of amides is 1. The van der Waals surface area contributed by atoms with Crippen molar-refractivity contribution >= 4 is 22.6 Å². The third-order valence-corrected chi connectivity index (χ3v) is 5.39. The molecule has 0 spiro atoms. The number of ether oxygens (including phenoxy) is 1. The summed E-state index contributed by atoms with van der Waals surface area (Å²) in [6.07, 6.45) is 3.29. The number of fused-ring (bicyclic) bond motifs is 1. The van der Waals surface area contributed by atoms with E-state index >= 15 is 0 Å². The molecule has 0 radical (unpaired) electrons. The van der Waals surface area contributed by atoms with Crippen molar-refractivity contribution in [1.82, 2.24) is 19.9 Å². The van der Waals surface area contributed by atoms with Gasteiger partial charge in [0, 0.05) is 31.4 Å². The number of aromatic amines is 1. The lowest BCUT2D eigenvalue weighted by Gasteiger charge is -2.26. The summed E-state index contributed by atoms with van der Waals surface area (Å²) in [5.41, 5.74) is 4.88. The molecule has 1 aliphatic rings. The molecule has 0 atom stereocenters. The molecular formula is C24H23N5O2. The van der Waals surface area contributed by atoms with Gasteiger partial charge in [0.2, 0.25) is 0 Å². The fourth-order valence-electron chi connectivity index (χ4n) is 3.82. The second-order valence-corrected chi connectivity index (χ2v) is 7.57. The Hall–Kier alpha value is -3.55. The number of para-hydroxylation sites is 1. The van der Waals surface area contributed by atoms with E-state index in [4.69, 9.17) is 9.72 Å². The van der Waals surface area contributed by atoms with Crippen LogP contribution in [0.3, 0.4) is 0 Å². The Morgan fingerprint density at radius 3 is 2.81 bits per heavy atom. The summed E-state index contributed by atoms with van der Waals surface area (Å²) in [6, 6.07) is 17.5. The zero-order valence-corrected chi connectivity index (χ0v) is 17.0. The number of carbonyl (C=O) groups is 1. The maximum atomic E-state index is 12.8. The lowest BCUT2D eigenvalue weighted by atomic mass is 10.1. The lowest BCUT2D eigenvalue weighted by Crippen LogP contribution is -2.35. The van der Waals surface area contributed by atoms with E-state index < -0.39 is 0 Å². The van der Waals surface area contributed by atoms with Gasteiger partial charge < -0.3 is 15.0 Å². The van der Waals surface area contributed by atoms with Crippen LogP contribution in [0.25, 0.3) is 22.4 Å². The molecule has 0 bridgehead atoms. The Labute approximate surface area is 180 Å². The first-order valence-corrected chi connectivity index (χ1v) is 10.4.